The van der Waals surface area contributed by atoms with Crippen LogP contribution in [0.4, 0.5) is 5.69 Å². The van der Waals surface area contributed by atoms with Gasteiger partial charge in [0, 0.05) is 19.9 Å². The first kappa shape index (κ1) is 17.7. The summed E-state index contributed by atoms with van der Waals surface area (Å²) >= 11 is 11.6. The van der Waals surface area contributed by atoms with E-state index in [1.807, 2.05) is 13.8 Å². The standard InChI is InChI=1S/C14H17Cl2N5O2/c1-14(2,23-3)4-5-21-8-9(7-17-21)18-13(22)10-6-11(15)19-20-12(10)16/h6-8H,4-5H2,1-3H3,(H,18,22). The van der Waals surface area contributed by atoms with Gasteiger partial charge < -0.3 is 10.1 Å². The van der Waals surface area contributed by atoms with Gasteiger partial charge in [-0.15, -0.1) is 10.2 Å². The van der Waals surface area contributed by atoms with Crippen molar-refractivity contribution in [3.63, 3.8) is 0 Å². The van der Waals surface area contributed by atoms with Crippen LogP contribution >= 0.6 is 23.2 Å². The molecule has 0 saturated heterocycles. The molecule has 0 aliphatic heterocycles. The van der Waals surface area contributed by atoms with Crippen LogP contribution in [0.15, 0.2) is 18.5 Å². The predicted molar refractivity (Wildman–Crippen MR) is 87.9 cm³/mol. The molecule has 7 nitrogen and oxygen atoms in total. The molecule has 2 aromatic heterocycles. The Hall–Kier alpha value is -1.70. The maximum Gasteiger partial charge on any atom is 0.259 e. The lowest BCUT2D eigenvalue weighted by Crippen LogP contribution is -2.24. The summed E-state index contributed by atoms with van der Waals surface area (Å²) in [6, 6.07) is 1.36. The number of ether oxygens (including phenoxy) is 1. The fraction of sp³-hybridized carbons (Fsp3) is 0.429. The fourth-order valence-electron chi connectivity index (χ4n) is 1.75. The summed E-state index contributed by atoms with van der Waals surface area (Å²) in [5, 5.41) is 14.1. The van der Waals surface area contributed by atoms with Crippen LogP contribution < -0.4 is 5.32 Å². The molecule has 0 fully saturated rings. The van der Waals surface area contributed by atoms with E-state index in [-0.39, 0.29) is 21.5 Å². The van der Waals surface area contributed by atoms with E-state index in [1.165, 1.54) is 6.07 Å². The van der Waals surface area contributed by atoms with E-state index in [2.05, 4.69) is 20.6 Å². The second-order valence-electron chi connectivity index (χ2n) is 5.53. The quantitative estimate of drug-likeness (QED) is 0.858. The normalized spacial score (nSPS) is 11.5. The van der Waals surface area contributed by atoms with Crippen molar-refractivity contribution in [3.8, 4) is 0 Å². The monoisotopic (exact) mass is 357 g/mol. The lowest BCUT2D eigenvalue weighted by molar-refractivity contribution is 0.0113. The summed E-state index contributed by atoms with van der Waals surface area (Å²) in [7, 11) is 1.67. The lowest BCUT2D eigenvalue weighted by atomic mass is 10.1. The molecule has 0 aliphatic carbocycles. The third kappa shape index (κ3) is 4.89. The zero-order valence-corrected chi connectivity index (χ0v) is 14.5. The van der Waals surface area contributed by atoms with Crippen LogP contribution in [0.2, 0.25) is 10.3 Å². The van der Waals surface area contributed by atoms with Crippen molar-refractivity contribution in [1.82, 2.24) is 20.0 Å². The van der Waals surface area contributed by atoms with Crippen molar-refractivity contribution in [2.45, 2.75) is 32.4 Å². The number of hydrogen-bond acceptors (Lipinski definition) is 5. The number of aryl methyl sites for hydroxylation is 1. The average Bonchev–Trinajstić information content (AvgIpc) is 2.95. The van der Waals surface area contributed by atoms with E-state index >= 15 is 0 Å². The van der Waals surface area contributed by atoms with Crippen LogP contribution in [0.1, 0.15) is 30.6 Å². The number of hydrogen-bond donors (Lipinski definition) is 1. The molecule has 2 rings (SSSR count). The largest absolute Gasteiger partial charge is 0.379 e. The van der Waals surface area contributed by atoms with Crippen LogP contribution in [0.3, 0.4) is 0 Å². The summed E-state index contributed by atoms with van der Waals surface area (Å²) in [4.78, 5) is 12.2. The first-order valence-corrected chi connectivity index (χ1v) is 7.64. The van der Waals surface area contributed by atoms with Crippen LogP contribution in [0, 0.1) is 0 Å². The van der Waals surface area contributed by atoms with Gasteiger partial charge in [-0.1, -0.05) is 23.2 Å². The molecule has 2 aromatic rings. The third-order valence-corrected chi connectivity index (χ3v) is 3.81. The Kier molecular flexibility index (Phi) is 5.56. The number of amides is 1. The van der Waals surface area contributed by atoms with Crippen LogP contribution in [0.25, 0.3) is 0 Å². The van der Waals surface area contributed by atoms with Crippen molar-refractivity contribution in [1.29, 1.82) is 0 Å². The van der Waals surface area contributed by atoms with Crippen LogP contribution in [-0.4, -0.2) is 38.6 Å². The molecule has 23 heavy (non-hydrogen) atoms. The first-order valence-electron chi connectivity index (χ1n) is 6.88. The molecule has 1 N–H and O–H groups in total. The molecule has 124 valence electrons. The zero-order valence-electron chi connectivity index (χ0n) is 13.0. The number of carbonyl (C=O) groups excluding carboxylic acids is 1. The smallest absolute Gasteiger partial charge is 0.259 e. The van der Waals surface area contributed by atoms with Crippen molar-refractivity contribution in [3.05, 3.63) is 34.3 Å². The minimum absolute atomic E-state index is 0.0128. The van der Waals surface area contributed by atoms with Gasteiger partial charge in [-0.05, 0) is 26.3 Å². The minimum Gasteiger partial charge on any atom is -0.379 e. The number of rotatable bonds is 6. The summed E-state index contributed by atoms with van der Waals surface area (Å²) in [6.45, 7) is 4.67. The van der Waals surface area contributed by atoms with E-state index < -0.39 is 5.91 Å². The molecule has 2 heterocycles. The van der Waals surface area contributed by atoms with Crippen molar-refractivity contribution < 1.29 is 9.53 Å². The van der Waals surface area contributed by atoms with Gasteiger partial charge in [0.2, 0.25) is 0 Å². The van der Waals surface area contributed by atoms with Crippen LogP contribution in [0.5, 0.6) is 0 Å². The van der Waals surface area contributed by atoms with E-state index in [1.54, 1.807) is 24.2 Å². The molecule has 9 heteroatoms. The molecular formula is C14H17Cl2N5O2. The summed E-state index contributed by atoms with van der Waals surface area (Å²) in [6.07, 6.45) is 4.07. The number of methoxy groups -OCH3 is 1. The molecule has 0 atom stereocenters. The van der Waals surface area contributed by atoms with Gasteiger partial charge in [0.15, 0.2) is 10.3 Å². The van der Waals surface area contributed by atoms with Gasteiger partial charge >= 0.3 is 0 Å². The molecule has 0 unspecified atom stereocenters. The topological polar surface area (TPSA) is 81.9 Å². The highest BCUT2D eigenvalue weighted by molar-refractivity contribution is 6.34. The van der Waals surface area contributed by atoms with Crippen molar-refractivity contribution in [2.24, 2.45) is 0 Å². The van der Waals surface area contributed by atoms with Gasteiger partial charge in [0.1, 0.15) is 0 Å². The van der Waals surface area contributed by atoms with Crippen molar-refractivity contribution >= 4 is 34.8 Å². The Bertz CT molecular complexity index is 702. The van der Waals surface area contributed by atoms with Gasteiger partial charge in [-0.3, -0.25) is 9.48 Å². The molecule has 0 bridgehead atoms. The molecular weight excluding hydrogens is 341 g/mol. The molecule has 0 spiro atoms. The Labute approximate surface area is 143 Å². The van der Waals surface area contributed by atoms with Gasteiger partial charge in [0.25, 0.3) is 5.91 Å². The highest BCUT2D eigenvalue weighted by Crippen LogP contribution is 2.18. The number of anilines is 1. The predicted octanol–water partition coefficient (Wildman–Crippen LogP) is 3.05. The Morgan fingerprint density at radius 3 is 2.83 bits per heavy atom. The SMILES string of the molecule is COC(C)(C)CCn1cc(NC(=O)c2cc(Cl)nnc2Cl)cn1. The summed E-state index contributed by atoms with van der Waals surface area (Å²) < 4.78 is 7.09. The second kappa shape index (κ2) is 7.25. The maximum absolute atomic E-state index is 12.2. The molecule has 0 saturated carbocycles. The number of aromatic nitrogens is 4. The Morgan fingerprint density at radius 1 is 1.39 bits per heavy atom. The van der Waals surface area contributed by atoms with Crippen molar-refractivity contribution in [2.75, 3.05) is 12.4 Å². The first-order chi connectivity index (χ1) is 10.8. The summed E-state index contributed by atoms with van der Waals surface area (Å²) in [5.41, 5.74) is 0.469. The van der Waals surface area contributed by atoms with Gasteiger partial charge in [-0.2, -0.15) is 5.10 Å². The second-order valence-corrected chi connectivity index (χ2v) is 6.28. The fourth-order valence-corrected chi connectivity index (χ4v) is 2.07. The van der Waals surface area contributed by atoms with Crippen LogP contribution in [-0.2, 0) is 11.3 Å². The molecule has 0 aromatic carbocycles. The maximum atomic E-state index is 12.2. The molecule has 1 amide bonds. The Balaban J connectivity index is 2.01. The number of nitrogens with zero attached hydrogens (tertiary/aromatic N) is 4. The summed E-state index contributed by atoms with van der Waals surface area (Å²) in [5.74, 6) is -0.427. The number of nitrogens with one attached hydrogen (secondary N) is 1. The third-order valence-electron chi connectivity index (χ3n) is 3.35. The lowest BCUT2D eigenvalue weighted by Gasteiger charge is -2.22. The van der Waals surface area contributed by atoms with E-state index in [0.717, 1.165) is 6.42 Å². The number of carbonyl (C=O) groups is 1. The molecule has 0 radical (unpaired) electrons. The van der Waals surface area contributed by atoms with E-state index in [9.17, 15) is 4.79 Å². The minimum atomic E-state index is -0.427. The average molecular weight is 358 g/mol. The zero-order chi connectivity index (χ0) is 17.0. The molecule has 0 aliphatic rings. The van der Waals surface area contributed by atoms with E-state index in [4.69, 9.17) is 27.9 Å². The van der Waals surface area contributed by atoms with Gasteiger partial charge in [-0.25, -0.2) is 0 Å². The van der Waals surface area contributed by atoms with E-state index in [0.29, 0.717) is 12.2 Å². The highest BCUT2D eigenvalue weighted by atomic mass is 35.5. The number of halogens is 2. The van der Waals surface area contributed by atoms with Gasteiger partial charge in [0.05, 0.1) is 23.0 Å². The highest BCUT2D eigenvalue weighted by Gasteiger charge is 2.17. The Morgan fingerprint density at radius 2 is 2.13 bits per heavy atom.